The minimum absolute atomic E-state index is 0.112. The van der Waals surface area contributed by atoms with Crippen LogP contribution in [0.1, 0.15) is 17.3 Å². The van der Waals surface area contributed by atoms with Gasteiger partial charge in [0.25, 0.3) is 0 Å². The topological polar surface area (TPSA) is 53.2 Å². The number of nitriles is 1. The van der Waals surface area contributed by atoms with Gasteiger partial charge in [-0.05, 0) is 48.7 Å². The number of hydrogen-bond donors (Lipinski definition) is 0. The first kappa shape index (κ1) is 22.1. The van der Waals surface area contributed by atoms with Crippen molar-refractivity contribution < 1.29 is 4.79 Å². The lowest BCUT2D eigenvalue weighted by Crippen LogP contribution is -1.93. The Morgan fingerprint density at radius 1 is 1.32 bits per heavy atom. The molecule has 0 amide bonds. The molecule has 0 atom stereocenters. The van der Waals surface area contributed by atoms with Crippen LogP contribution in [0.3, 0.4) is 0 Å². The summed E-state index contributed by atoms with van der Waals surface area (Å²) in [6, 6.07) is 7.10. The van der Waals surface area contributed by atoms with Gasteiger partial charge < -0.3 is 0 Å². The van der Waals surface area contributed by atoms with Crippen LogP contribution in [0.2, 0.25) is 0 Å². The molecule has 0 fully saturated rings. The van der Waals surface area contributed by atoms with Crippen molar-refractivity contribution in [1.82, 2.24) is 0 Å². The van der Waals surface area contributed by atoms with Crippen LogP contribution in [-0.4, -0.2) is 15.9 Å². The van der Waals surface area contributed by atoms with E-state index in [0.29, 0.717) is 15.7 Å². The van der Waals surface area contributed by atoms with Gasteiger partial charge in [0, 0.05) is 15.8 Å². The Bertz CT molecular complexity index is 762. The van der Waals surface area contributed by atoms with Gasteiger partial charge in [0.05, 0.1) is 0 Å². The van der Waals surface area contributed by atoms with Gasteiger partial charge in [-0.2, -0.15) is 10.3 Å². The molecule has 8 heteroatoms. The fraction of sp³-hybridized carbons (Fsp3) is 0.118. The largest absolute Gasteiger partial charge is 0.289 e. The Hall–Kier alpha value is -0.970. The lowest BCUT2D eigenvalue weighted by molar-refractivity contribution is 0.104. The van der Waals surface area contributed by atoms with Crippen molar-refractivity contribution in [2.45, 2.75) is 6.92 Å². The van der Waals surface area contributed by atoms with Gasteiger partial charge in [-0.25, -0.2) is 0 Å². The highest BCUT2D eigenvalue weighted by atomic mass is 79.9. The number of hydrogen-bond acceptors (Lipinski definition) is 5. The van der Waals surface area contributed by atoms with Crippen LogP contribution >= 0.6 is 62.7 Å². The Labute approximate surface area is 174 Å². The Balaban J connectivity index is 2.61. The molecule has 25 heavy (non-hydrogen) atoms. The van der Waals surface area contributed by atoms with Gasteiger partial charge in [0.2, 0.25) is 6.19 Å². The third-order valence-corrected chi connectivity index (χ3v) is 5.50. The van der Waals surface area contributed by atoms with Crippen LogP contribution in [0.5, 0.6) is 0 Å². The Kier molecular flexibility index (Phi) is 10.9. The third-order valence-electron chi connectivity index (χ3n) is 2.58. The molecule has 0 aliphatic carbocycles. The molecule has 0 saturated carbocycles. The molecule has 0 N–H and O–H groups in total. The van der Waals surface area contributed by atoms with E-state index in [1.807, 2.05) is 19.1 Å². The molecule has 0 radical (unpaired) electrons. The summed E-state index contributed by atoms with van der Waals surface area (Å²) in [7, 11) is 0. The summed E-state index contributed by atoms with van der Waals surface area (Å²) in [5, 5.41) is 10.4. The number of halogens is 3. The molecular weight excluding hydrogens is 463 g/mol. The summed E-state index contributed by atoms with van der Waals surface area (Å²) >= 11 is 17.0. The first-order chi connectivity index (χ1) is 11.9. The minimum Gasteiger partial charge on any atom is -0.289 e. The van der Waals surface area contributed by atoms with Crippen LogP contribution in [0, 0.1) is 11.5 Å². The van der Waals surface area contributed by atoms with E-state index in [-0.39, 0.29) is 10.3 Å². The molecule has 0 unspecified atom stereocenters. The predicted octanol–water partition coefficient (Wildman–Crippen LogP) is 6.71. The summed E-state index contributed by atoms with van der Waals surface area (Å²) in [5.74, 6) is 0.513. The van der Waals surface area contributed by atoms with Gasteiger partial charge in [-0.1, -0.05) is 74.3 Å². The Morgan fingerprint density at radius 3 is 2.60 bits per heavy atom. The Morgan fingerprint density at radius 2 is 2.00 bits per heavy atom. The number of thioether (sulfide) groups is 2. The maximum absolute atomic E-state index is 12.0. The zero-order valence-electron chi connectivity index (χ0n) is 13.1. The number of benzene rings is 1. The molecule has 1 aromatic rings. The molecule has 0 spiro atoms. The number of rotatable bonds is 6. The normalized spacial score (nSPS) is 12.1. The minimum atomic E-state index is -0.112. The van der Waals surface area contributed by atoms with Crippen molar-refractivity contribution in [3.63, 3.8) is 0 Å². The second-order valence-electron chi connectivity index (χ2n) is 4.53. The number of carbonyl (C=O) groups excluding carboxylic acids is 1. The third kappa shape index (κ3) is 9.93. The smallest absolute Gasteiger partial charge is 0.207 e. The van der Waals surface area contributed by atoms with E-state index in [9.17, 15) is 4.79 Å². The summed E-state index contributed by atoms with van der Waals surface area (Å²) in [6.07, 6.45) is 6.61. The highest BCUT2D eigenvalue weighted by Gasteiger charge is 2.03. The summed E-state index contributed by atoms with van der Waals surface area (Å²) in [4.78, 5) is 15.8. The number of ketones is 1. The lowest BCUT2D eigenvalue weighted by atomic mass is 10.1. The van der Waals surface area contributed by atoms with Crippen molar-refractivity contribution in [3.05, 3.63) is 68.0 Å². The summed E-state index contributed by atoms with van der Waals surface area (Å²) in [5.41, 5.74) is 1.61. The molecule has 0 aromatic heterocycles. The lowest BCUT2D eigenvalue weighted by Gasteiger charge is -2.01. The SMILES string of the molecule is C/C(=C\C=C(Cl)Cl)CSC(=NC#N)S/C=C\C(=O)c1ccc(Br)cc1. The number of aliphatic imine (C=N–C) groups is 1. The number of allylic oxidation sites excluding steroid dienone is 3. The van der Waals surface area contributed by atoms with Crippen LogP contribution < -0.4 is 0 Å². The predicted molar refractivity (Wildman–Crippen MR) is 114 cm³/mol. The average molecular weight is 476 g/mol. The highest BCUT2D eigenvalue weighted by molar-refractivity contribution is 9.10. The van der Waals surface area contributed by atoms with E-state index in [4.69, 9.17) is 28.5 Å². The van der Waals surface area contributed by atoms with Crippen LogP contribution in [-0.2, 0) is 0 Å². The molecule has 0 aliphatic heterocycles. The highest BCUT2D eigenvalue weighted by Crippen LogP contribution is 2.21. The molecule has 0 bridgehead atoms. The van der Waals surface area contributed by atoms with Gasteiger partial charge >= 0.3 is 0 Å². The zero-order chi connectivity index (χ0) is 18.7. The van der Waals surface area contributed by atoms with E-state index in [1.165, 1.54) is 29.6 Å². The van der Waals surface area contributed by atoms with E-state index >= 15 is 0 Å². The van der Waals surface area contributed by atoms with Crippen LogP contribution in [0.15, 0.2) is 67.4 Å². The van der Waals surface area contributed by atoms with Crippen molar-refractivity contribution in [3.8, 4) is 6.19 Å². The van der Waals surface area contributed by atoms with Crippen molar-refractivity contribution in [2.75, 3.05) is 5.75 Å². The molecule has 1 rings (SSSR count). The molecular formula is C17H13BrCl2N2OS2. The number of nitrogens with zero attached hydrogens (tertiary/aromatic N) is 2. The maximum Gasteiger partial charge on any atom is 0.207 e. The second kappa shape index (κ2) is 12.4. The first-order valence-corrected chi connectivity index (χ1v) is 10.2. The standard InChI is InChI=1S/C17H13BrCl2N2OS2/c1-12(2-7-16(19)20)10-25-17(22-11-21)24-9-8-15(23)13-3-5-14(18)6-4-13/h2-9H,10H2,1H3/b9-8-,12-2+,22-17?. The van der Waals surface area contributed by atoms with Gasteiger partial charge in [-0.3, -0.25) is 4.79 Å². The molecule has 0 heterocycles. The molecule has 3 nitrogen and oxygen atoms in total. The van der Waals surface area contributed by atoms with E-state index in [1.54, 1.807) is 35.9 Å². The molecule has 130 valence electrons. The van der Waals surface area contributed by atoms with Crippen LogP contribution in [0.25, 0.3) is 0 Å². The monoisotopic (exact) mass is 474 g/mol. The summed E-state index contributed by atoms with van der Waals surface area (Å²) in [6.45, 7) is 1.92. The second-order valence-corrected chi connectivity index (χ2v) is 8.57. The van der Waals surface area contributed by atoms with Crippen molar-refractivity contribution in [2.24, 2.45) is 4.99 Å². The zero-order valence-corrected chi connectivity index (χ0v) is 17.8. The summed E-state index contributed by atoms with van der Waals surface area (Å²) < 4.78 is 1.64. The quantitative estimate of drug-likeness (QED) is 0.114. The fourth-order valence-corrected chi connectivity index (χ4v) is 3.39. The van der Waals surface area contributed by atoms with E-state index < -0.39 is 0 Å². The van der Waals surface area contributed by atoms with Crippen LogP contribution in [0.4, 0.5) is 0 Å². The average Bonchev–Trinajstić information content (AvgIpc) is 2.58. The molecule has 1 aromatic carbocycles. The molecule has 0 aliphatic rings. The molecule has 0 saturated heterocycles. The maximum atomic E-state index is 12.0. The first-order valence-electron chi connectivity index (χ1n) is 6.83. The fourth-order valence-electron chi connectivity index (χ4n) is 1.43. The van der Waals surface area contributed by atoms with Crippen molar-refractivity contribution >= 4 is 72.8 Å². The number of carbonyl (C=O) groups is 1. The van der Waals surface area contributed by atoms with Crippen molar-refractivity contribution in [1.29, 1.82) is 5.26 Å². The van der Waals surface area contributed by atoms with E-state index in [2.05, 4.69) is 20.9 Å². The van der Waals surface area contributed by atoms with Gasteiger partial charge in [0.15, 0.2) is 5.78 Å². The van der Waals surface area contributed by atoms with Gasteiger partial charge in [0.1, 0.15) is 8.87 Å². The van der Waals surface area contributed by atoms with E-state index in [0.717, 1.165) is 10.0 Å². The van der Waals surface area contributed by atoms with Gasteiger partial charge in [-0.15, -0.1) is 0 Å².